The van der Waals surface area contributed by atoms with Crippen LogP contribution in [0.25, 0.3) is 0 Å². The van der Waals surface area contributed by atoms with Gasteiger partial charge in [-0.1, -0.05) is 0 Å². The van der Waals surface area contributed by atoms with Crippen molar-refractivity contribution in [2.24, 2.45) is 0 Å². The number of thiophene rings is 1. The zero-order valence-corrected chi connectivity index (χ0v) is 8.97. The molecule has 0 aromatic carbocycles. The van der Waals surface area contributed by atoms with E-state index in [2.05, 4.69) is 5.32 Å². The minimum absolute atomic E-state index is 0.0676. The Balaban J connectivity index is 2.58. The van der Waals surface area contributed by atoms with E-state index in [4.69, 9.17) is 11.6 Å². The van der Waals surface area contributed by atoms with Gasteiger partial charge in [0.2, 0.25) is 5.91 Å². The summed E-state index contributed by atoms with van der Waals surface area (Å²) < 4.78 is 36.5. The highest BCUT2D eigenvalue weighted by molar-refractivity contribution is 7.10. The molecule has 1 aromatic rings. The van der Waals surface area contributed by atoms with Crippen LogP contribution in [-0.4, -0.2) is 11.8 Å². The summed E-state index contributed by atoms with van der Waals surface area (Å²) in [6.07, 6.45) is -4.32. The molecule has 0 saturated heterocycles. The summed E-state index contributed by atoms with van der Waals surface area (Å²) in [6, 6.07) is 1.01. The third-order valence-corrected chi connectivity index (χ3v) is 2.81. The van der Waals surface area contributed by atoms with Crippen LogP contribution in [0.2, 0.25) is 0 Å². The lowest BCUT2D eigenvalue weighted by atomic mass is 10.3. The quantitative estimate of drug-likeness (QED) is 0.829. The fourth-order valence-corrected chi connectivity index (χ4v) is 1.74. The van der Waals surface area contributed by atoms with Gasteiger partial charge in [-0.05, 0) is 17.0 Å². The number of amides is 1. The fourth-order valence-electron chi connectivity index (χ4n) is 0.865. The summed E-state index contributed by atoms with van der Waals surface area (Å²) in [7, 11) is 0. The number of hydrogen-bond acceptors (Lipinski definition) is 2. The molecule has 0 unspecified atom stereocenters. The maximum absolute atomic E-state index is 12.2. The van der Waals surface area contributed by atoms with Crippen molar-refractivity contribution in [3.63, 3.8) is 0 Å². The normalized spacial score (nSPS) is 11.5. The van der Waals surface area contributed by atoms with Crippen molar-refractivity contribution >= 4 is 28.8 Å². The molecule has 1 heterocycles. The molecule has 0 bridgehead atoms. The zero-order chi connectivity index (χ0) is 11.5. The molecule has 1 N–H and O–H groups in total. The number of halogens is 4. The topological polar surface area (TPSA) is 29.1 Å². The molecule has 2 nitrogen and oxygen atoms in total. The van der Waals surface area contributed by atoms with Gasteiger partial charge < -0.3 is 5.32 Å². The lowest BCUT2D eigenvalue weighted by molar-refractivity contribution is -0.134. The van der Waals surface area contributed by atoms with E-state index < -0.39 is 17.0 Å². The first-order chi connectivity index (χ1) is 6.93. The average Bonchev–Trinajstić information content (AvgIpc) is 2.61. The van der Waals surface area contributed by atoms with Gasteiger partial charge in [0.25, 0.3) is 0 Å². The lowest BCUT2D eigenvalue weighted by Crippen LogP contribution is -2.23. The zero-order valence-electron chi connectivity index (χ0n) is 7.40. The molecule has 84 valence electrons. The molecular weight excluding hydrogens is 251 g/mol. The number of hydrogen-bond donors (Lipinski definition) is 1. The van der Waals surface area contributed by atoms with Gasteiger partial charge in [0, 0.05) is 6.54 Å². The Kier molecular flexibility index (Phi) is 3.98. The van der Waals surface area contributed by atoms with Gasteiger partial charge in [-0.15, -0.1) is 22.9 Å². The van der Waals surface area contributed by atoms with Gasteiger partial charge >= 0.3 is 6.18 Å². The molecule has 1 amide bonds. The minimum atomic E-state index is -4.32. The predicted octanol–water partition coefficient (Wildman–Crippen LogP) is 2.62. The monoisotopic (exact) mass is 257 g/mol. The van der Waals surface area contributed by atoms with Crippen LogP contribution in [0.3, 0.4) is 0 Å². The third kappa shape index (κ3) is 3.71. The Morgan fingerprint density at radius 2 is 2.20 bits per heavy atom. The summed E-state index contributed by atoms with van der Waals surface area (Å²) in [5.74, 6) is -0.604. The number of nitrogens with one attached hydrogen (secondary N) is 1. The second-order valence-corrected chi connectivity index (χ2v) is 3.91. The Labute approximate surface area is 93.0 Å². The van der Waals surface area contributed by atoms with Crippen LogP contribution in [0.15, 0.2) is 11.4 Å². The number of carbonyl (C=O) groups is 1. The van der Waals surface area contributed by atoms with E-state index in [1.54, 1.807) is 0 Å². The summed E-state index contributed by atoms with van der Waals surface area (Å²) in [4.78, 5) is 10.1. The van der Waals surface area contributed by atoms with Crippen molar-refractivity contribution in [3.8, 4) is 0 Å². The molecule has 0 atom stereocenters. The van der Waals surface area contributed by atoms with Gasteiger partial charge in [0.05, 0.1) is 0 Å². The SMILES string of the molecule is O=C(CCl)NCc1csc(C(F)(F)F)c1. The van der Waals surface area contributed by atoms with Crippen molar-refractivity contribution in [3.05, 3.63) is 21.9 Å². The van der Waals surface area contributed by atoms with Crippen LogP contribution in [0.5, 0.6) is 0 Å². The number of rotatable bonds is 3. The Hall–Kier alpha value is -0.750. The van der Waals surface area contributed by atoms with E-state index in [1.807, 2.05) is 0 Å². The summed E-state index contributed by atoms with van der Waals surface area (Å²) in [5.41, 5.74) is 0.422. The first-order valence-electron chi connectivity index (χ1n) is 3.90. The average molecular weight is 258 g/mol. The van der Waals surface area contributed by atoms with Crippen LogP contribution in [0.4, 0.5) is 13.2 Å². The van der Waals surface area contributed by atoms with E-state index in [1.165, 1.54) is 5.38 Å². The Bertz CT molecular complexity index is 350. The smallest absolute Gasteiger partial charge is 0.351 e. The van der Waals surface area contributed by atoms with Gasteiger partial charge in [0.15, 0.2) is 0 Å². The van der Waals surface area contributed by atoms with Crippen molar-refractivity contribution in [2.45, 2.75) is 12.7 Å². The molecule has 0 radical (unpaired) electrons. The van der Waals surface area contributed by atoms with E-state index in [0.717, 1.165) is 6.07 Å². The van der Waals surface area contributed by atoms with Gasteiger partial charge in [-0.25, -0.2) is 0 Å². The molecule has 0 fully saturated rings. The number of carbonyl (C=O) groups excluding carboxylic acids is 1. The third-order valence-electron chi connectivity index (χ3n) is 1.54. The fraction of sp³-hybridized carbons (Fsp3) is 0.375. The second-order valence-electron chi connectivity index (χ2n) is 2.73. The Morgan fingerprint density at radius 3 is 2.67 bits per heavy atom. The summed E-state index contributed by atoms with van der Waals surface area (Å²) >= 11 is 5.81. The maximum Gasteiger partial charge on any atom is 0.425 e. The van der Waals surface area contributed by atoms with Crippen LogP contribution in [0, 0.1) is 0 Å². The van der Waals surface area contributed by atoms with Crippen molar-refractivity contribution < 1.29 is 18.0 Å². The van der Waals surface area contributed by atoms with Crippen molar-refractivity contribution in [1.82, 2.24) is 5.32 Å². The molecule has 15 heavy (non-hydrogen) atoms. The molecule has 0 aliphatic heterocycles. The highest BCUT2D eigenvalue weighted by Gasteiger charge is 2.32. The summed E-state index contributed by atoms with van der Waals surface area (Å²) in [6.45, 7) is 0.0676. The first-order valence-corrected chi connectivity index (χ1v) is 5.32. The predicted molar refractivity (Wildman–Crippen MR) is 51.9 cm³/mol. The Morgan fingerprint density at radius 1 is 1.53 bits per heavy atom. The van der Waals surface area contributed by atoms with Crippen LogP contribution in [0.1, 0.15) is 10.4 Å². The molecule has 0 aliphatic carbocycles. The van der Waals surface area contributed by atoms with Gasteiger partial charge in [0.1, 0.15) is 10.8 Å². The lowest BCUT2D eigenvalue weighted by Gasteiger charge is -2.01. The van der Waals surface area contributed by atoms with E-state index in [-0.39, 0.29) is 12.4 Å². The highest BCUT2D eigenvalue weighted by atomic mass is 35.5. The first kappa shape index (κ1) is 12.3. The van der Waals surface area contributed by atoms with Crippen molar-refractivity contribution in [1.29, 1.82) is 0 Å². The molecule has 0 aliphatic rings. The van der Waals surface area contributed by atoms with Gasteiger partial charge in [-0.2, -0.15) is 13.2 Å². The number of alkyl halides is 4. The van der Waals surface area contributed by atoms with Crippen LogP contribution >= 0.6 is 22.9 Å². The molecule has 1 rings (SSSR count). The van der Waals surface area contributed by atoms with Crippen LogP contribution < -0.4 is 5.32 Å². The van der Waals surface area contributed by atoms with Gasteiger partial charge in [-0.3, -0.25) is 4.79 Å². The minimum Gasteiger partial charge on any atom is -0.351 e. The molecular formula is C8H7ClF3NOS. The maximum atomic E-state index is 12.2. The van der Waals surface area contributed by atoms with Crippen LogP contribution in [-0.2, 0) is 17.5 Å². The van der Waals surface area contributed by atoms with Crippen molar-refractivity contribution in [2.75, 3.05) is 5.88 Å². The largest absolute Gasteiger partial charge is 0.425 e. The standard InChI is InChI=1S/C8H7ClF3NOS/c9-2-7(14)13-3-5-1-6(15-4-5)8(10,11)12/h1,4H,2-3H2,(H,13,14). The highest BCUT2D eigenvalue weighted by Crippen LogP contribution is 2.33. The van der Waals surface area contributed by atoms with E-state index >= 15 is 0 Å². The molecule has 0 spiro atoms. The molecule has 7 heteroatoms. The second kappa shape index (κ2) is 4.85. The molecule has 0 saturated carbocycles. The molecule has 1 aromatic heterocycles. The van der Waals surface area contributed by atoms with E-state index in [0.29, 0.717) is 16.9 Å². The van der Waals surface area contributed by atoms with E-state index in [9.17, 15) is 18.0 Å². The summed E-state index contributed by atoms with van der Waals surface area (Å²) in [5, 5.41) is 3.74.